The van der Waals surface area contributed by atoms with E-state index in [4.69, 9.17) is 9.47 Å². The zero-order valence-electron chi connectivity index (χ0n) is 14.7. The quantitative estimate of drug-likeness (QED) is 0.239. The molecule has 1 aromatic carbocycles. The van der Waals surface area contributed by atoms with Gasteiger partial charge in [-0.15, -0.1) is 11.3 Å². The van der Waals surface area contributed by atoms with Crippen LogP contribution in [0.2, 0.25) is 0 Å². The number of rotatable bonds is 8. The molecule has 0 aliphatic heterocycles. The van der Waals surface area contributed by atoms with E-state index in [9.17, 15) is 4.79 Å². The Balaban J connectivity index is 1.82. The number of nitrogens with zero attached hydrogens (tertiary/aromatic N) is 2. The van der Waals surface area contributed by atoms with Gasteiger partial charge in [-0.2, -0.15) is 0 Å². The van der Waals surface area contributed by atoms with Crippen molar-refractivity contribution >= 4 is 39.3 Å². The van der Waals surface area contributed by atoms with Gasteiger partial charge in [0.1, 0.15) is 21.9 Å². The molecule has 2 aromatic heterocycles. The van der Waals surface area contributed by atoms with E-state index in [-0.39, 0.29) is 11.7 Å². The SMILES string of the molecule is CCCCOC(=O)CSc1ncnc2scc(-c3ccc(OC)cc3)c12. The number of esters is 1. The Bertz CT molecular complexity index is 878. The number of thioether (sulfide) groups is 1. The minimum absolute atomic E-state index is 0.212. The Morgan fingerprint density at radius 1 is 1.23 bits per heavy atom. The maximum absolute atomic E-state index is 11.9. The third-order valence-electron chi connectivity index (χ3n) is 3.82. The van der Waals surface area contributed by atoms with Crippen LogP contribution >= 0.6 is 23.1 Å². The van der Waals surface area contributed by atoms with Gasteiger partial charge in [-0.05, 0) is 24.1 Å². The number of hydrogen-bond donors (Lipinski definition) is 0. The topological polar surface area (TPSA) is 61.3 Å². The van der Waals surface area contributed by atoms with Gasteiger partial charge in [0.05, 0.1) is 24.9 Å². The van der Waals surface area contributed by atoms with Gasteiger partial charge in [-0.25, -0.2) is 9.97 Å². The molecule has 136 valence electrons. The molecule has 0 unspecified atom stereocenters. The van der Waals surface area contributed by atoms with Gasteiger partial charge in [0.25, 0.3) is 0 Å². The van der Waals surface area contributed by atoms with Crippen LogP contribution in [0, 0.1) is 0 Å². The number of aromatic nitrogens is 2. The Labute approximate surface area is 160 Å². The number of thiophene rings is 1. The Morgan fingerprint density at radius 2 is 2.04 bits per heavy atom. The van der Waals surface area contributed by atoms with Crippen molar-refractivity contribution in [2.24, 2.45) is 0 Å². The van der Waals surface area contributed by atoms with Crippen molar-refractivity contribution in [1.29, 1.82) is 0 Å². The van der Waals surface area contributed by atoms with Crippen LogP contribution in [0.5, 0.6) is 5.75 Å². The number of methoxy groups -OCH3 is 1. The van der Waals surface area contributed by atoms with Crippen molar-refractivity contribution in [2.75, 3.05) is 19.5 Å². The first kappa shape index (κ1) is 18.7. The van der Waals surface area contributed by atoms with Crippen molar-refractivity contribution in [1.82, 2.24) is 9.97 Å². The number of carbonyl (C=O) groups excluding carboxylic acids is 1. The maximum atomic E-state index is 11.9. The van der Waals surface area contributed by atoms with E-state index < -0.39 is 0 Å². The van der Waals surface area contributed by atoms with Crippen LogP contribution in [0.3, 0.4) is 0 Å². The molecule has 0 spiro atoms. The molecule has 0 atom stereocenters. The highest BCUT2D eigenvalue weighted by molar-refractivity contribution is 8.00. The standard InChI is InChI=1S/C19H20N2O3S2/c1-3-4-9-24-16(22)11-26-19-17-15(10-25-18(17)20-12-21-19)13-5-7-14(23-2)8-6-13/h5-8,10,12H,3-4,9,11H2,1-2H3. The van der Waals surface area contributed by atoms with E-state index in [0.717, 1.165) is 45.0 Å². The first-order valence-corrected chi connectivity index (χ1v) is 10.2. The van der Waals surface area contributed by atoms with Crippen LogP contribution < -0.4 is 4.74 Å². The predicted molar refractivity (Wildman–Crippen MR) is 106 cm³/mol. The van der Waals surface area contributed by atoms with Crippen LogP contribution in [0.4, 0.5) is 0 Å². The number of ether oxygens (including phenoxy) is 2. The van der Waals surface area contributed by atoms with E-state index in [1.807, 2.05) is 24.3 Å². The first-order chi connectivity index (χ1) is 12.7. The van der Waals surface area contributed by atoms with Gasteiger partial charge in [0.2, 0.25) is 0 Å². The van der Waals surface area contributed by atoms with E-state index in [1.54, 1.807) is 24.8 Å². The summed E-state index contributed by atoms with van der Waals surface area (Å²) in [6.45, 7) is 2.54. The Hall–Kier alpha value is -2.12. The highest BCUT2D eigenvalue weighted by Crippen LogP contribution is 2.38. The number of fused-ring (bicyclic) bond motifs is 1. The Morgan fingerprint density at radius 3 is 2.77 bits per heavy atom. The molecule has 26 heavy (non-hydrogen) atoms. The molecule has 5 nitrogen and oxygen atoms in total. The van der Waals surface area contributed by atoms with E-state index in [2.05, 4.69) is 22.3 Å². The summed E-state index contributed by atoms with van der Waals surface area (Å²) in [6, 6.07) is 7.89. The zero-order valence-corrected chi connectivity index (χ0v) is 16.4. The van der Waals surface area contributed by atoms with Gasteiger partial charge in [0, 0.05) is 10.9 Å². The summed E-state index contributed by atoms with van der Waals surface area (Å²) >= 11 is 2.97. The highest BCUT2D eigenvalue weighted by Gasteiger charge is 2.15. The van der Waals surface area contributed by atoms with Crippen molar-refractivity contribution in [3.05, 3.63) is 36.0 Å². The molecular formula is C19H20N2O3S2. The minimum atomic E-state index is -0.212. The Kier molecular flexibility index (Phi) is 6.46. The molecule has 3 aromatic rings. The lowest BCUT2D eigenvalue weighted by molar-refractivity contribution is -0.140. The summed E-state index contributed by atoms with van der Waals surface area (Å²) in [5.41, 5.74) is 2.13. The largest absolute Gasteiger partial charge is 0.497 e. The van der Waals surface area contributed by atoms with Crippen molar-refractivity contribution < 1.29 is 14.3 Å². The van der Waals surface area contributed by atoms with E-state index >= 15 is 0 Å². The van der Waals surface area contributed by atoms with E-state index in [0.29, 0.717) is 6.61 Å². The van der Waals surface area contributed by atoms with Crippen LogP contribution in [-0.4, -0.2) is 35.4 Å². The molecule has 0 radical (unpaired) electrons. The molecule has 7 heteroatoms. The van der Waals surface area contributed by atoms with Crippen LogP contribution in [-0.2, 0) is 9.53 Å². The molecule has 0 aliphatic rings. The summed E-state index contributed by atoms with van der Waals surface area (Å²) in [5.74, 6) is 0.846. The fraction of sp³-hybridized carbons (Fsp3) is 0.316. The van der Waals surface area contributed by atoms with Gasteiger partial charge < -0.3 is 9.47 Å². The monoisotopic (exact) mass is 388 g/mol. The minimum Gasteiger partial charge on any atom is -0.497 e. The first-order valence-electron chi connectivity index (χ1n) is 8.38. The molecule has 0 bridgehead atoms. The number of unbranched alkanes of at least 4 members (excludes halogenated alkanes) is 1. The van der Waals surface area contributed by atoms with Gasteiger partial charge in [0.15, 0.2) is 0 Å². The average Bonchev–Trinajstić information content (AvgIpc) is 3.11. The lowest BCUT2D eigenvalue weighted by atomic mass is 10.1. The molecule has 0 saturated heterocycles. The molecule has 0 N–H and O–H groups in total. The molecule has 2 heterocycles. The average molecular weight is 389 g/mol. The lowest BCUT2D eigenvalue weighted by Gasteiger charge is -2.06. The van der Waals surface area contributed by atoms with Crippen LogP contribution in [0.1, 0.15) is 19.8 Å². The summed E-state index contributed by atoms with van der Waals surface area (Å²) in [5, 5.41) is 3.86. The van der Waals surface area contributed by atoms with Crippen molar-refractivity contribution in [3.8, 4) is 16.9 Å². The van der Waals surface area contributed by atoms with Crippen molar-refractivity contribution in [2.45, 2.75) is 24.8 Å². The molecular weight excluding hydrogens is 368 g/mol. The smallest absolute Gasteiger partial charge is 0.316 e. The third kappa shape index (κ3) is 4.34. The lowest BCUT2D eigenvalue weighted by Crippen LogP contribution is -2.08. The normalized spacial score (nSPS) is 10.8. The molecule has 3 rings (SSSR count). The number of benzene rings is 1. The summed E-state index contributed by atoms with van der Waals surface area (Å²) in [7, 11) is 1.65. The molecule has 0 fully saturated rings. The highest BCUT2D eigenvalue weighted by atomic mass is 32.2. The zero-order chi connectivity index (χ0) is 18.4. The summed E-state index contributed by atoms with van der Waals surface area (Å²) < 4.78 is 10.4. The number of carbonyl (C=O) groups is 1. The maximum Gasteiger partial charge on any atom is 0.316 e. The molecule has 0 amide bonds. The van der Waals surface area contributed by atoms with Gasteiger partial charge >= 0.3 is 5.97 Å². The number of hydrogen-bond acceptors (Lipinski definition) is 7. The second-order valence-electron chi connectivity index (χ2n) is 5.60. The fourth-order valence-electron chi connectivity index (χ4n) is 2.44. The third-order valence-corrected chi connectivity index (χ3v) is 5.67. The van der Waals surface area contributed by atoms with Crippen LogP contribution in [0.25, 0.3) is 21.3 Å². The van der Waals surface area contributed by atoms with Gasteiger partial charge in [-0.3, -0.25) is 4.79 Å². The molecule has 0 saturated carbocycles. The fourth-order valence-corrected chi connectivity index (χ4v) is 4.23. The molecule has 0 aliphatic carbocycles. The van der Waals surface area contributed by atoms with Crippen molar-refractivity contribution in [3.63, 3.8) is 0 Å². The second kappa shape index (κ2) is 9.00. The predicted octanol–water partition coefficient (Wildman–Crippen LogP) is 4.80. The summed E-state index contributed by atoms with van der Waals surface area (Å²) in [6.07, 6.45) is 3.44. The second-order valence-corrected chi connectivity index (χ2v) is 7.42. The van der Waals surface area contributed by atoms with Crippen LogP contribution in [0.15, 0.2) is 41.0 Å². The summed E-state index contributed by atoms with van der Waals surface area (Å²) in [4.78, 5) is 21.6. The van der Waals surface area contributed by atoms with Gasteiger partial charge in [-0.1, -0.05) is 37.2 Å². The van der Waals surface area contributed by atoms with E-state index in [1.165, 1.54) is 11.8 Å².